The van der Waals surface area contributed by atoms with Crippen molar-refractivity contribution in [1.82, 2.24) is 4.98 Å². The van der Waals surface area contributed by atoms with Crippen LogP contribution in [-0.2, 0) is 0 Å². The summed E-state index contributed by atoms with van der Waals surface area (Å²) in [5.74, 6) is -1.42. The fourth-order valence-corrected chi connectivity index (χ4v) is 2.35. The van der Waals surface area contributed by atoms with E-state index in [9.17, 15) is 8.78 Å². The highest BCUT2D eigenvalue weighted by molar-refractivity contribution is 7.11. The molecule has 0 aliphatic heterocycles. The van der Waals surface area contributed by atoms with E-state index in [1.807, 2.05) is 13.8 Å². The number of thiazole rings is 1. The van der Waals surface area contributed by atoms with Crippen LogP contribution >= 0.6 is 11.3 Å². The number of benzene rings is 1. The van der Waals surface area contributed by atoms with Gasteiger partial charge in [0.25, 0.3) is 0 Å². The molecule has 1 atom stereocenters. The molecular formula is C12H13F2N3S. The molecule has 0 bridgehead atoms. The maximum Gasteiger partial charge on any atom is 0.151 e. The van der Waals surface area contributed by atoms with Gasteiger partial charge in [0.2, 0.25) is 0 Å². The molecule has 6 heteroatoms. The minimum atomic E-state index is -0.764. The molecular weight excluding hydrogens is 256 g/mol. The standard InChI is InChI=1S/C12H13F2N3S/c1-6-5-16-12(18-6)7(2)17-10-4-8(13)3-9(14)11(10)15/h3-5,7,17H,15H2,1-2H3. The van der Waals surface area contributed by atoms with Crippen LogP contribution in [0.1, 0.15) is 22.9 Å². The molecule has 18 heavy (non-hydrogen) atoms. The monoisotopic (exact) mass is 269 g/mol. The van der Waals surface area contributed by atoms with Crippen molar-refractivity contribution in [2.45, 2.75) is 19.9 Å². The summed E-state index contributed by atoms with van der Waals surface area (Å²) in [4.78, 5) is 5.29. The number of nitrogens with one attached hydrogen (secondary N) is 1. The van der Waals surface area contributed by atoms with Crippen molar-refractivity contribution >= 4 is 22.7 Å². The van der Waals surface area contributed by atoms with Gasteiger partial charge in [0, 0.05) is 17.1 Å². The first-order chi connectivity index (χ1) is 8.47. The first kappa shape index (κ1) is 12.8. The van der Waals surface area contributed by atoms with E-state index in [1.54, 1.807) is 6.20 Å². The highest BCUT2D eigenvalue weighted by Gasteiger charge is 2.13. The van der Waals surface area contributed by atoms with Gasteiger partial charge in [0.15, 0.2) is 5.82 Å². The molecule has 0 saturated carbocycles. The summed E-state index contributed by atoms with van der Waals surface area (Å²) in [6.45, 7) is 3.81. The molecule has 1 aromatic heterocycles. The van der Waals surface area contributed by atoms with E-state index in [-0.39, 0.29) is 17.4 Å². The Morgan fingerprint density at radius 2 is 2.11 bits per heavy atom. The van der Waals surface area contributed by atoms with E-state index in [1.165, 1.54) is 17.4 Å². The number of hydrogen-bond donors (Lipinski definition) is 2. The van der Waals surface area contributed by atoms with Crippen molar-refractivity contribution < 1.29 is 8.78 Å². The molecule has 96 valence electrons. The van der Waals surface area contributed by atoms with Crippen LogP contribution in [0.2, 0.25) is 0 Å². The van der Waals surface area contributed by atoms with E-state index < -0.39 is 11.6 Å². The number of aromatic nitrogens is 1. The summed E-state index contributed by atoms with van der Waals surface area (Å²) in [5, 5.41) is 3.81. The van der Waals surface area contributed by atoms with Gasteiger partial charge in [-0.15, -0.1) is 11.3 Å². The highest BCUT2D eigenvalue weighted by atomic mass is 32.1. The summed E-state index contributed by atoms with van der Waals surface area (Å²) in [6, 6.07) is 1.78. The van der Waals surface area contributed by atoms with Crippen LogP contribution in [0.4, 0.5) is 20.2 Å². The highest BCUT2D eigenvalue weighted by Crippen LogP contribution is 2.28. The Bertz CT molecular complexity index is 568. The van der Waals surface area contributed by atoms with Gasteiger partial charge in [0.05, 0.1) is 17.4 Å². The molecule has 0 spiro atoms. The van der Waals surface area contributed by atoms with E-state index in [0.29, 0.717) is 0 Å². The van der Waals surface area contributed by atoms with Crippen LogP contribution < -0.4 is 11.1 Å². The van der Waals surface area contributed by atoms with Crippen LogP contribution in [0.5, 0.6) is 0 Å². The van der Waals surface area contributed by atoms with Gasteiger partial charge in [-0.1, -0.05) is 0 Å². The zero-order valence-corrected chi connectivity index (χ0v) is 10.8. The lowest BCUT2D eigenvalue weighted by Gasteiger charge is -2.15. The Labute approximate surface area is 108 Å². The zero-order chi connectivity index (χ0) is 13.3. The average Bonchev–Trinajstić information content (AvgIpc) is 2.72. The zero-order valence-electron chi connectivity index (χ0n) is 10.00. The number of aryl methyl sites for hydroxylation is 1. The molecule has 0 radical (unpaired) electrons. The molecule has 1 unspecified atom stereocenters. The van der Waals surface area contributed by atoms with Gasteiger partial charge in [-0.2, -0.15) is 0 Å². The van der Waals surface area contributed by atoms with Crippen molar-refractivity contribution in [3.8, 4) is 0 Å². The fraction of sp³-hybridized carbons (Fsp3) is 0.250. The van der Waals surface area contributed by atoms with Gasteiger partial charge in [-0.25, -0.2) is 13.8 Å². The van der Waals surface area contributed by atoms with Gasteiger partial charge >= 0.3 is 0 Å². The van der Waals surface area contributed by atoms with Crippen LogP contribution in [0.25, 0.3) is 0 Å². The fourth-order valence-electron chi connectivity index (χ4n) is 1.57. The number of nitrogens with two attached hydrogens (primary N) is 1. The number of anilines is 2. The first-order valence-electron chi connectivity index (χ1n) is 5.40. The molecule has 1 heterocycles. The quantitative estimate of drug-likeness (QED) is 0.839. The Morgan fingerprint density at radius 3 is 2.72 bits per heavy atom. The lowest BCUT2D eigenvalue weighted by Crippen LogP contribution is -2.09. The van der Waals surface area contributed by atoms with Crippen LogP contribution in [0, 0.1) is 18.6 Å². The van der Waals surface area contributed by atoms with Crippen LogP contribution in [0.3, 0.4) is 0 Å². The number of rotatable bonds is 3. The van der Waals surface area contributed by atoms with E-state index in [2.05, 4.69) is 10.3 Å². The molecule has 0 fully saturated rings. The van der Waals surface area contributed by atoms with Crippen molar-refractivity contribution in [3.05, 3.63) is 39.8 Å². The largest absolute Gasteiger partial charge is 0.395 e. The second-order valence-electron chi connectivity index (χ2n) is 4.02. The number of halogens is 2. The molecule has 1 aromatic carbocycles. The lowest BCUT2D eigenvalue weighted by molar-refractivity contribution is 0.586. The van der Waals surface area contributed by atoms with Gasteiger partial charge in [-0.05, 0) is 19.9 Å². The maximum atomic E-state index is 13.3. The van der Waals surface area contributed by atoms with Crippen molar-refractivity contribution in [1.29, 1.82) is 0 Å². The van der Waals surface area contributed by atoms with Gasteiger partial charge < -0.3 is 11.1 Å². The van der Waals surface area contributed by atoms with Gasteiger partial charge in [-0.3, -0.25) is 0 Å². The van der Waals surface area contributed by atoms with E-state index in [0.717, 1.165) is 16.0 Å². The third-order valence-electron chi connectivity index (χ3n) is 2.48. The molecule has 0 amide bonds. The first-order valence-corrected chi connectivity index (χ1v) is 6.22. The second kappa shape index (κ2) is 4.89. The third kappa shape index (κ3) is 2.59. The molecule has 0 aliphatic rings. The van der Waals surface area contributed by atoms with Crippen LogP contribution in [-0.4, -0.2) is 4.98 Å². The number of nitrogen functional groups attached to an aromatic ring is 1. The minimum absolute atomic E-state index is 0.0865. The molecule has 0 saturated heterocycles. The third-order valence-corrected chi connectivity index (χ3v) is 3.57. The summed E-state index contributed by atoms with van der Waals surface area (Å²) in [5.41, 5.74) is 5.72. The molecule has 2 aromatic rings. The summed E-state index contributed by atoms with van der Waals surface area (Å²) >= 11 is 1.53. The Hall–Kier alpha value is -1.69. The number of nitrogens with zero attached hydrogens (tertiary/aromatic N) is 1. The Kier molecular flexibility index (Phi) is 3.47. The topological polar surface area (TPSA) is 50.9 Å². The molecule has 3 nitrogen and oxygen atoms in total. The smallest absolute Gasteiger partial charge is 0.151 e. The molecule has 0 aliphatic carbocycles. The summed E-state index contributed by atoms with van der Waals surface area (Å²) < 4.78 is 26.4. The van der Waals surface area contributed by atoms with Crippen LogP contribution in [0.15, 0.2) is 18.3 Å². The maximum absolute atomic E-state index is 13.3. The Balaban J connectivity index is 2.24. The predicted molar refractivity (Wildman–Crippen MR) is 69.7 cm³/mol. The number of hydrogen-bond acceptors (Lipinski definition) is 4. The van der Waals surface area contributed by atoms with Gasteiger partial charge in [0.1, 0.15) is 10.8 Å². The minimum Gasteiger partial charge on any atom is -0.395 e. The molecule has 3 N–H and O–H groups in total. The predicted octanol–water partition coefficient (Wildman–Crippen LogP) is 3.49. The Morgan fingerprint density at radius 1 is 1.39 bits per heavy atom. The van der Waals surface area contributed by atoms with E-state index >= 15 is 0 Å². The molecule has 2 rings (SSSR count). The average molecular weight is 269 g/mol. The lowest BCUT2D eigenvalue weighted by atomic mass is 10.2. The normalized spacial score (nSPS) is 12.4. The van der Waals surface area contributed by atoms with Crippen molar-refractivity contribution in [3.63, 3.8) is 0 Å². The van der Waals surface area contributed by atoms with Crippen molar-refractivity contribution in [2.24, 2.45) is 0 Å². The van der Waals surface area contributed by atoms with E-state index in [4.69, 9.17) is 5.73 Å². The summed E-state index contributed by atoms with van der Waals surface area (Å²) in [7, 11) is 0. The second-order valence-corrected chi connectivity index (χ2v) is 5.29. The SMILES string of the molecule is Cc1cnc(C(C)Nc2cc(F)cc(F)c2N)s1. The summed E-state index contributed by atoms with van der Waals surface area (Å²) in [6.07, 6.45) is 1.76. The van der Waals surface area contributed by atoms with Crippen molar-refractivity contribution in [2.75, 3.05) is 11.1 Å².